The molecule has 3 aliphatic carbocycles. The number of hydrogen-bond acceptors (Lipinski definition) is 3. The molecule has 1 saturated carbocycles. The van der Waals surface area contributed by atoms with Gasteiger partial charge < -0.3 is 9.64 Å². The summed E-state index contributed by atoms with van der Waals surface area (Å²) in [5.74, 6) is 2.94. The van der Waals surface area contributed by atoms with Gasteiger partial charge in [-0.1, -0.05) is 48.6 Å². The smallest absolute Gasteiger partial charge is 0.317 e. The van der Waals surface area contributed by atoms with Crippen molar-refractivity contribution < 1.29 is 9.53 Å². The van der Waals surface area contributed by atoms with E-state index in [0.717, 1.165) is 29.2 Å². The standard InChI is InChI=1S/C22H23NO2/c24-22(16-3-1-2-4-16)25-14-15-5-9-19(10-6-15)23-12-20-17-7-8-18(11-17)21(20)13-23/h1-10,16-18,20-21H,11-14H2. The largest absolute Gasteiger partial charge is 0.460 e. The number of fused-ring (bicyclic) bond motifs is 5. The molecular weight excluding hydrogens is 310 g/mol. The van der Waals surface area contributed by atoms with Crippen molar-refractivity contribution >= 4 is 11.7 Å². The summed E-state index contributed by atoms with van der Waals surface area (Å²) in [6, 6.07) is 8.53. The van der Waals surface area contributed by atoms with Crippen molar-refractivity contribution in [3.8, 4) is 0 Å². The maximum Gasteiger partial charge on any atom is 0.317 e. The van der Waals surface area contributed by atoms with Crippen LogP contribution in [-0.2, 0) is 16.1 Å². The fourth-order valence-corrected chi connectivity index (χ4v) is 5.01. The summed E-state index contributed by atoms with van der Waals surface area (Å²) in [5, 5.41) is 0. The highest BCUT2D eigenvalue weighted by Gasteiger charge is 2.49. The van der Waals surface area contributed by atoms with Crippen LogP contribution >= 0.6 is 0 Å². The van der Waals surface area contributed by atoms with Crippen LogP contribution in [0, 0.1) is 29.6 Å². The number of carbonyl (C=O) groups is 1. The first-order valence-electron chi connectivity index (χ1n) is 9.32. The third-order valence-corrected chi connectivity index (χ3v) is 6.36. The van der Waals surface area contributed by atoms with Gasteiger partial charge >= 0.3 is 5.97 Å². The summed E-state index contributed by atoms with van der Waals surface area (Å²) in [6.07, 6.45) is 13.8. The second kappa shape index (κ2) is 5.91. The van der Waals surface area contributed by atoms with Crippen LogP contribution in [0.4, 0.5) is 5.69 Å². The molecule has 0 amide bonds. The Balaban J connectivity index is 1.19. The van der Waals surface area contributed by atoms with E-state index in [0.29, 0.717) is 6.61 Å². The molecule has 0 aromatic heterocycles. The second-order valence-corrected chi connectivity index (χ2v) is 7.75. The van der Waals surface area contributed by atoms with Crippen LogP contribution in [0.15, 0.2) is 60.7 Å². The van der Waals surface area contributed by atoms with Crippen molar-refractivity contribution in [1.82, 2.24) is 0 Å². The predicted octanol–water partition coefficient (Wildman–Crippen LogP) is 3.73. The van der Waals surface area contributed by atoms with Crippen molar-refractivity contribution in [3.63, 3.8) is 0 Å². The van der Waals surface area contributed by atoms with Gasteiger partial charge in [-0.3, -0.25) is 4.79 Å². The molecule has 2 fully saturated rings. The van der Waals surface area contributed by atoms with Crippen molar-refractivity contribution in [1.29, 1.82) is 0 Å². The fourth-order valence-electron chi connectivity index (χ4n) is 5.01. The van der Waals surface area contributed by atoms with E-state index in [4.69, 9.17) is 4.74 Å². The maximum atomic E-state index is 11.9. The number of rotatable bonds is 4. The molecule has 0 spiro atoms. The van der Waals surface area contributed by atoms with Crippen LogP contribution in [-0.4, -0.2) is 19.1 Å². The minimum absolute atomic E-state index is 0.176. The molecule has 5 rings (SSSR count). The van der Waals surface area contributed by atoms with Gasteiger partial charge in [0.1, 0.15) is 6.61 Å². The summed E-state index contributed by atoms with van der Waals surface area (Å²) in [5.41, 5.74) is 2.34. The minimum Gasteiger partial charge on any atom is -0.460 e. The lowest BCUT2D eigenvalue weighted by molar-refractivity contribution is -0.146. The lowest BCUT2D eigenvalue weighted by Gasteiger charge is -2.21. The number of anilines is 1. The number of carbonyl (C=O) groups excluding carboxylic acids is 1. The number of ether oxygens (including phenoxy) is 1. The Labute approximate surface area is 148 Å². The molecule has 3 heteroatoms. The first-order valence-corrected chi connectivity index (χ1v) is 9.32. The first kappa shape index (κ1) is 15.0. The average Bonchev–Trinajstić information content (AvgIpc) is 3.42. The molecule has 4 unspecified atom stereocenters. The second-order valence-electron chi connectivity index (χ2n) is 7.75. The van der Waals surface area contributed by atoms with Gasteiger partial charge in [0.25, 0.3) is 0 Å². The summed E-state index contributed by atoms with van der Waals surface area (Å²) in [7, 11) is 0. The number of benzene rings is 1. The van der Waals surface area contributed by atoms with Crippen molar-refractivity contribution in [3.05, 3.63) is 66.3 Å². The molecule has 3 nitrogen and oxygen atoms in total. The molecule has 128 valence electrons. The molecule has 4 aliphatic rings. The molecule has 1 aromatic rings. The van der Waals surface area contributed by atoms with Gasteiger partial charge in [-0.2, -0.15) is 0 Å². The van der Waals surface area contributed by atoms with Crippen molar-refractivity contribution in [2.75, 3.05) is 18.0 Å². The molecular formula is C22H23NO2. The number of hydrogen-bond donors (Lipinski definition) is 0. The highest BCUT2D eigenvalue weighted by atomic mass is 16.5. The van der Waals surface area contributed by atoms with Gasteiger partial charge in [0.2, 0.25) is 0 Å². The molecule has 0 radical (unpaired) electrons. The topological polar surface area (TPSA) is 29.5 Å². The zero-order valence-corrected chi connectivity index (χ0v) is 14.3. The minimum atomic E-state index is -0.215. The SMILES string of the molecule is O=C(OCc1ccc(N2CC3C4C=CC(C4)C3C2)cc1)C1C=CC=C1. The number of esters is 1. The van der Waals surface area contributed by atoms with E-state index in [2.05, 4.69) is 41.3 Å². The van der Waals surface area contributed by atoms with Crippen molar-refractivity contribution in [2.45, 2.75) is 13.0 Å². The normalized spacial score (nSPS) is 31.9. The van der Waals surface area contributed by atoms with Gasteiger partial charge in [-0.05, 0) is 47.8 Å². The zero-order chi connectivity index (χ0) is 16.8. The first-order chi connectivity index (χ1) is 12.3. The van der Waals surface area contributed by atoms with Gasteiger partial charge in [-0.25, -0.2) is 0 Å². The number of nitrogens with zero attached hydrogens (tertiary/aromatic N) is 1. The van der Waals surface area contributed by atoms with E-state index in [9.17, 15) is 4.79 Å². The summed E-state index contributed by atoms with van der Waals surface area (Å²) < 4.78 is 5.41. The highest BCUT2D eigenvalue weighted by Crippen LogP contribution is 2.51. The Bertz CT molecular complexity index is 729. The van der Waals surface area contributed by atoms with Crippen LogP contribution in [0.3, 0.4) is 0 Å². The van der Waals surface area contributed by atoms with Gasteiger partial charge in [0.05, 0.1) is 5.92 Å². The Kier molecular flexibility index (Phi) is 3.54. The molecule has 0 N–H and O–H groups in total. The molecule has 1 saturated heterocycles. The van der Waals surface area contributed by atoms with Crippen molar-refractivity contribution in [2.24, 2.45) is 29.6 Å². The molecule has 1 aromatic carbocycles. The maximum absolute atomic E-state index is 11.9. The molecule has 1 aliphatic heterocycles. The number of allylic oxidation sites excluding steroid dienone is 4. The van der Waals surface area contributed by atoms with Crippen LogP contribution < -0.4 is 4.90 Å². The quantitative estimate of drug-likeness (QED) is 0.621. The Morgan fingerprint density at radius 1 is 0.960 bits per heavy atom. The van der Waals surface area contributed by atoms with Crippen LogP contribution in [0.2, 0.25) is 0 Å². The molecule has 25 heavy (non-hydrogen) atoms. The Morgan fingerprint density at radius 2 is 1.60 bits per heavy atom. The monoisotopic (exact) mass is 333 g/mol. The van der Waals surface area contributed by atoms with E-state index in [1.54, 1.807) is 0 Å². The molecule has 1 heterocycles. The predicted molar refractivity (Wildman–Crippen MR) is 97.9 cm³/mol. The van der Waals surface area contributed by atoms with Crippen LogP contribution in [0.5, 0.6) is 0 Å². The van der Waals surface area contributed by atoms with E-state index < -0.39 is 0 Å². The van der Waals surface area contributed by atoms with Crippen LogP contribution in [0.1, 0.15) is 12.0 Å². The highest BCUT2D eigenvalue weighted by molar-refractivity contribution is 5.77. The van der Waals surface area contributed by atoms with Crippen LogP contribution in [0.25, 0.3) is 0 Å². The van der Waals surface area contributed by atoms with Gasteiger partial charge in [-0.15, -0.1) is 0 Å². The van der Waals surface area contributed by atoms with E-state index >= 15 is 0 Å². The van der Waals surface area contributed by atoms with E-state index in [1.807, 2.05) is 24.3 Å². The van der Waals surface area contributed by atoms with E-state index in [-0.39, 0.29) is 11.9 Å². The van der Waals surface area contributed by atoms with E-state index in [1.165, 1.54) is 25.2 Å². The van der Waals surface area contributed by atoms with Gasteiger partial charge in [0.15, 0.2) is 0 Å². The zero-order valence-electron chi connectivity index (χ0n) is 14.3. The molecule has 4 atom stereocenters. The summed E-state index contributed by atoms with van der Waals surface area (Å²) >= 11 is 0. The van der Waals surface area contributed by atoms with Gasteiger partial charge in [0, 0.05) is 18.8 Å². The summed E-state index contributed by atoms with van der Waals surface area (Å²) in [6.45, 7) is 2.71. The third kappa shape index (κ3) is 2.62. The average molecular weight is 333 g/mol. The Hall–Kier alpha value is -2.29. The fraction of sp³-hybridized carbons (Fsp3) is 0.409. The molecule has 2 bridgehead atoms. The lowest BCUT2D eigenvalue weighted by Crippen LogP contribution is -2.22. The Morgan fingerprint density at radius 3 is 2.24 bits per heavy atom. The third-order valence-electron chi connectivity index (χ3n) is 6.36. The lowest BCUT2D eigenvalue weighted by atomic mass is 9.86. The summed E-state index contributed by atoms with van der Waals surface area (Å²) in [4.78, 5) is 14.5.